The highest BCUT2D eigenvalue weighted by atomic mass is 14.4. The zero-order chi connectivity index (χ0) is 5.91. The van der Waals surface area contributed by atoms with Gasteiger partial charge in [-0.3, -0.25) is 0 Å². The molecule has 0 heteroatoms. The van der Waals surface area contributed by atoms with Crippen molar-refractivity contribution >= 4 is 0 Å². The van der Waals surface area contributed by atoms with E-state index in [1.165, 1.54) is 12.8 Å². The predicted molar refractivity (Wildman–Crippen MR) is 34.3 cm³/mol. The first-order valence-corrected chi connectivity index (χ1v) is 2.71. The average Bonchev–Trinajstić information content (AvgIpc) is 2.26. The fourth-order valence-corrected chi connectivity index (χ4v) is 0.250. The molecule has 1 aliphatic rings. The first-order chi connectivity index (χ1) is 3.21. The Labute approximate surface area is 46.2 Å². The quantitative estimate of drug-likeness (QED) is 0.408. The zero-order valence-electron chi connectivity index (χ0n) is 5.33. The van der Waals surface area contributed by atoms with E-state index in [0.29, 0.717) is 0 Å². The Balaban J connectivity index is 0.000000162. The van der Waals surface area contributed by atoms with E-state index in [2.05, 4.69) is 27.0 Å². The molecule has 0 saturated heterocycles. The first kappa shape index (κ1) is 6.74. The lowest BCUT2D eigenvalue weighted by Gasteiger charge is -1.86. The molecule has 7 heavy (non-hydrogen) atoms. The molecule has 1 rings (SSSR count). The summed E-state index contributed by atoms with van der Waals surface area (Å²) >= 11 is 0. The number of hydrogen-bond donors (Lipinski definition) is 0. The Bertz CT molecular complexity index is 47.1. The van der Waals surface area contributed by atoms with E-state index >= 15 is 0 Å². The monoisotopic (exact) mass is 98.1 g/mol. The van der Waals surface area contributed by atoms with Gasteiger partial charge in [-0.1, -0.05) is 13.8 Å². The molecule has 42 valence electrons. The largest absolute Gasteiger partial charge is 0.106 e. The second kappa shape index (κ2) is 2.15. The van der Waals surface area contributed by atoms with Crippen LogP contribution in [-0.2, 0) is 0 Å². The highest BCUT2D eigenvalue weighted by molar-refractivity contribution is 4.82. The highest BCUT2D eigenvalue weighted by Crippen LogP contribution is 2.43. The van der Waals surface area contributed by atoms with E-state index < -0.39 is 0 Å². The second-order valence-corrected chi connectivity index (χ2v) is 2.66. The molecule has 0 atom stereocenters. The van der Waals surface area contributed by atoms with Gasteiger partial charge >= 0.3 is 0 Å². The van der Waals surface area contributed by atoms with E-state index in [4.69, 9.17) is 0 Å². The maximum absolute atomic E-state index is 3.00. The molecule has 1 fully saturated rings. The lowest BCUT2D eigenvalue weighted by molar-refractivity contribution is 0.653. The van der Waals surface area contributed by atoms with Crippen LogP contribution >= 0.6 is 0 Å². The minimum Gasteiger partial charge on any atom is -0.106 e. The fraction of sp³-hybridized carbons (Fsp3) is 0.714. The summed E-state index contributed by atoms with van der Waals surface area (Å²) in [5.74, 6) is 0. The summed E-state index contributed by atoms with van der Waals surface area (Å²) in [5, 5.41) is 0. The van der Waals surface area contributed by atoms with Crippen molar-refractivity contribution < 1.29 is 0 Å². The van der Waals surface area contributed by atoms with Crippen LogP contribution in [-0.4, -0.2) is 0 Å². The van der Waals surface area contributed by atoms with Gasteiger partial charge < -0.3 is 0 Å². The number of hydrogen-bond acceptors (Lipinski definition) is 0. The van der Waals surface area contributed by atoms with Gasteiger partial charge in [0.25, 0.3) is 0 Å². The smallest absolute Gasteiger partial charge is 0.0354 e. The number of rotatable bonds is 0. The van der Waals surface area contributed by atoms with Crippen LogP contribution in [0.15, 0.2) is 13.2 Å². The van der Waals surface area contributed by atoms with Crippen molar-refractivity contribution in [2.45, 2.75) is 26.7 Å². The lowest BCUT2D eigenvalue weighted by atomic mass is 10.2. The van der Waals surface area contributed by atoms with Crippen LogP contribution in [0, 0.1) is 5.41 Å². The normalized spacial score (nSPS) is 22.0. The molecule has 0 aromatic carbocycles. The van der Waals surface area contributed by atoms with Crippen molar-refractivity contribution in [3.05, 3.63) is 13.2 Å². The van der Waals surface area contributed by atoms with Gasteiger partial charge in [-0.2, -0.15) is 0 Å². The second-order valence-electron chi connectivity index (χ2n) is 2.66. The summed E-state index contributed by atoms with van der Waals surface area (Å²) in [4.78, 5) is 0. The SMILES string of the molecule is C=C.CC1(C)CC1. The highest BCUT2D eigenvalue weighted by Gasteiger charge is 2.30. The van der Waals surface area contributed by atoms with E-state index in [9.17, 15) is 0 Å². The maximum Gasteiger partial charge on any atom is -0.0354 e. The van der Waals surface area contributed by atoms with Crippen molar-refractivity contribution in [1.82, 2.24) is 0 Å². The van der Waals surface area contributed by atoms with Crippen LogP contribution in [0.5, 0.6) is 0 Å². The fourth-order valence-electron chi connectivity index (χ4n) is 0.250. The summed E-state index contributed by atoms with van der Waals surface area (Å²) < 4.78 is 0. The molecule has 0 nitrogen and oxygen atoms in total. The minimum absolute atomic E-state index is 0.750. The topological polar surface area (TPSA) is 0 Å². The van der Waals surface area contributed by atoms with Gasteiger partial charge in [-0.25, -0.2) is 0 Å². The molecule has 0 amide bonds. The Morgan fingerprint density at radius 1 is 1.14 bits per heavy atom. The van der Waals surface area contributed by atoms with Crippen molar-refractivity contribution in [1.29, 1.82) is 0 Å². The van der Waals surface area contributed by atoms with Gasteiger partial charge in [0.15, 0.2) is 0 Å². The molecule has 1 saturated carbocycles. The van der Waals surface area contributed by atoms with Crippen LogP contribution < -0.4 is 0 Å². The lowest BCUT2D eigenvalue weighted by Crippen LogP contribution is -1.75. The molecule has 0 aromatic rings. The van der Waals surface area contributed by atoms with E-state index in [-0.39, 0.29) is 0 Å². The molecular weight excluding hydrogens is 84.1 g/mol. The summed E-state index contributed by atoms with van der Waals surface area (Å²) in [6, 6.07) is 0. The zero-order valence-corrected chi connectivity index (χ0v) is 5.33. The molecule has 0 radical (unpaired) electrons. The third kappa shape index (κ3) is 3.57. The van der Waals surface area contributed by atoms with Gasteiger partial charge in [0.2, 0.25) is 0 Å². The van der Waals surface area contributed by atoms with Crippen LogP contribution in [0.4, 0.5) is 0 Å². The van der Waals surface area contributed by atoms with Crippen molar-refractivity contribution in [3.63, 3.8) is 0 Å². The van der Waals surface area contributed by atoms with Gasteiger partial charge in [0.1, 0.15) is 0 Å². The van der Waals surface area contributed by atoms with Crippen LogP contribution in [0.25, 0.3) is 0 Å². The standard InChI is InChI=1S/C5H10.C2H4/c1-5(2)3-4-5;1-2/h3-4H2,1-2H3;1-2H2. The molecule has 0 N–H and O–H groups in total. The van der Waals surface area contributed by atoms with Crippen molar-refractivity contribution in [3.8, 4) is 0 Å². The third-order valence-corrected chi connectivity index (χ3v) is 1.25. The van der Waals surface area contributed by atoms with Gasteiger partial charge in [0, 0.05) is 0 Å². The predicted octanol–water partition coefficient (Wildman–Crippen LogP) is 2.61. The van der Waals surface area contributed by atoms with Gasteiger partial charge in [0.05, 0.1) is 0 Å². The van der Waals surface area contributed by atoms with Gasteiger partial charge in [-0.15, -0.1) is 13.2 Å². The third-order valence-electron chi connectivity index (χ3n) is 1.25. The van der Waals surface area contributed by atoms with Crippen molar-refractivity contribution in [2.75, 3.05) is 0 Å². The summed E-state index contributed by atoms with van der Waals surface area (Å²) in [6.07, 6.45) is 2.90. The molecule has 0 aliphatic heterocycles. The first-order valence-electron chi connectivity index (χ1n) is 2.71. The van der Waals surface area contributed by atoms with E-state index in [1.807, 2.05) is 0 Å². The Hall–Kier alpha value is -0.260. The van der Waals surface area contributed by atoms with E-state index in [1.54, 1.807) is 0 Å². The van der Waals surface area contributed by atoms with Gasteiger partial charge in [-0.05, 0) is 18.3 Å². The van der Waals surface area contributed by atoms with E-state index in [0.717, 1.165) is 5.41 Å². The Morgan fingerprint density at radius 3 is 1.29 bits per heavy atom. The molecule has 0 heterocycles. The van der Waals surface area contributed by atoms with Crippen molar-refractivity contribution in [2.24, 2.45) is 5.41 Å². The molecule has 1 aliphatic carbocycles. The molecule has 0 spiro atoms. The van der Waals surface area contributed by atoms with Crippen LogP contribution in [0.1, 0.15) is 26.7 Å². The minimum atomic E-state index is 0.750. The Kier molecular flexibility index (Phi) is 2.07. The molecule has 0 unspecified atom stereocenters. The summed E-state index contributed by atoms with van der Waals surface area (Å²) in [5.41, 5.74) is 0.750. The van der Waals surface area contributed by atoms with Crippen LogP contribution in [0.3, 0.4) is 0 Å². The molecule has 0 bridgehead atoms. The van der Waals surface area contributed by atoms with Crippen LogP contribution in [0.2, 0.25) is 0 Å². The molecule has 0 aromatic heterocycles. The summed E-state index contributed by atoms with van der Waals surface area (Å²) in [6.45, 7) is 10.6. The Morgan fingerprint density at radius 2 is 1.29 bits per heavy atom. The maximum atomic E-state index is 3.00. The average molecular weight is 98.2 g/mol. The molecular formula is C7H14. The summed E-state index contributed by atoms with van der Waals surface area (Å²) in [7, 11) is 0.